The smallest absolute Gasteiger partial charge is 0.870 e. The van der Waals surface area contributed by atoms with Crippen LogP contribution < -0.4 is 92.6 Å². The Hall–Kier alpha value is -11.4. The molecule has 26 nitrogen and oxygen atoms in total. The summed E-state index contributed by atoms with van der Waals surface area (Å²) in [5.74, 6) is -0.767. The fourth-order valence-electron chi connectivity index (χ4n) is 16.5. The fraction of sp³-hybridized carbons (Fsp3) is 0.400. The Morgan fingerprint density at radius 3 is 1.01 bits per heavy atom. The fourth-order valence-corrected chi connectivity index (χ4v) is 17.4. The number of esters is 2. The zero-order chi connectivity index (χ0) is 101. The topological polar surface area (TPSA) is 317 Å². The van der Waals surface area contributed by atoms with Crippen molar-refractivity contribution in [1.29, 1.82) is 0 Å². The summed E-state index contributed by atoms with van der Waals surface area (Å²) in [6, 6.07) is 41.5. The number of rotatable bonds is 31. The quantitative estimate of drug-likeness (QED) is 0.0103. The molecule has 6 N–H and O–H groups in total. The number of carbonyl (C=O) groups excluding carboxylic acids is 5. The third-order valence-corrected chi connectivity index (χ3v) is 25.7. The number of amides is 3. The molecule has 40 heteroatoms. The van der Waals surface area contributed by atoms with Gasteiger partial charge in [0.25, 0.3) is 11.8 Å². The van der Waals surface area contributed by atoms with Gasteiger partial charge in [0.2, 0.25) is 5.91 Å². The van der Waals surface area contributed by atoms with Crippen LogP contribution in [-0.2, 0) is 76.0 Å². The van der Waals surface area contributed by atoms with Crippen LogP contribution >= 0.6 is 50.7 Å². The number of nitrogens with one attached hydrogen (secondary N) is 2. The van der Waals surface area contributed by atoms with Gasteiger partial charge in [0.05, 0.1) is 111 Å². The molecule has 0 bridgehead atoms. The van der Waals surface area contributed by atoms with E-state index in [0.29, 0.717) is 164 Å². The summed E-state index contributed by atoms with van der Waals surface area (Å²) in [6.45, 7) is 14.0. The number of carboxylic acid groups (broad SMARTS) is 1. The maximum atomic E-state index is 14.1. The van der Waals surface area contributed by atoms with Crippen molar-refractivity contribution in [2.24, 2.45) is 35.5 Å². The molecule has 15 rings (SSSR count). The molecule has 9 aromatic rings. The predicted molar refractivity (Wildman–Crippen MR) is 512 cm³/mol. The minimum atomic E-state index is -4.67. The number of methoxy groups -OCH3 is 8. The molecule has 0 spiro atoms. The van der Waals surface area contributed by atoms with Crippen molar-refractivity contribution < 1.29 is 150 Å². The molecule has 9 atom stereocenters. The second-order valence-electron chi connectivity index (χ2n) is 33.8. The van der Waals surface area contributed by atoms with Crippen molar-refractivity contribution in [3.05, 3.63) is 229 Å². The Labute approximate surface area is 840 Å². The van der Waals surface area contributed by atoms with E-state index in [0.717, 1.165) is 31.2 Å². The summed E-state index contributed by atoms with van der Waals surface area (Å²) < 4.78 is 180. The number of aliphatic carboxylic acids is 1. The molecule has 3 aliphatic heterocycles. The van der Waals surface area contributed by atoms with E-state index in [1.807, 2.05) is 0 Å². The summed E-state index contributed by atoms with van der Waals surface area (Å²) in [5, 5.41) is 17.0. The van der Waals surface area contributed by atoms with E-state index < -0.39 is 75.8 Å². The molecule has 6 aliphatic rings. The Morgan fingerprint density at radius 2 is 0.729 bits per heavy atom. The van der Waals surface area contributed by atoms with Crippen molar-refractivity contribution in [2.45, 2.75) is 121 Å². The zero-order valence-electron chi connectivity index (χ0n) is 79.2. The molecule has 3 aliphatic carbocycles. The maximum absolute atomic E-state index is 14.1. The molecular weight excluding hydrogens is 1970 g/mol. The number of alkyl halides is 10. The van der Waals surface area contributed by atoms with Crippen LogP contribution in [0.15, 0.2) is 164 Å². The number of fused-ring (bicyclic) bond motifs is 3. The van der Waals surface area contributed by atoms with E-state index in [2.05, 4.69) is 70.8 Å². The molecule has 3 amide bonds. The second-order valence-corrected chi connectivity index (χ2v) is 36.0. The Balaban J connectivity index is 0.000000210. The largest absolute Gasteiger partial charge is 1.00 e. The van der Waals surface area contributed by atoms with Gasteiger partial charge >= 0.3 is 55.3 Å². The summed E-state index contributed by atoms with van der Waals surface area (Å²) >= 11 is 21.4. The molecule has 3 saturated carbocycles. The number of anilines is 6. The summed E-state index contributed by atoms with van der Waals surface area (Å²) in [7, 11) is 10.9. The maximum Gasteiger partial charge on any atom is 1.00 e. The minimum absolute atomic E-state index is 0. The van der Waals surface area contributed by atoms with Gasteiger partial charge in [-0.25, -0.2) is 0 Å². The van der Waals surface area contributed by atoms with Crippen LogP contribution in [-0.4, -0.2) is 166 Å². The van der Waals surface area contributed by atoms with Gasteiger partial charge in [0.1, 0.15) is 68.7 Å². The van der Waals surface area contributed by atoms with Gasteiger partial charge < -0.3 is 93.8 Å². The summed E-state index contributed by atoms with van der Waals surface area (Å²) in [4.78, 5) is 81.1. The molecule has 0 saturated heterocycles. The molecule has 3 fully saturated rings. The summed E-state index contributed by atoms with van der Waals surface area (Å²) in [5.41, 5.74) is 8.61. The predicted octanol–water partition coefficient (Wildman–Crippen LogP) is 18.3. The first kappa shape index (κ1) is 112. The molecule has 750 valence electrons. The van der Waals surface area contributed by atoms with Crippen LogP contribution in [0.2, 0.25) is 15.1 Å². The minimum Gasteiger partial charge on any atom is -0.870 e. The van der Waals surface area contributed by atoms with Gasteiger partial charge in [0, 0.05) is 153 Å². The number of carbonyl (C=O) groups is 6. The van der Waals surface area contributed by atoms with E-state index in [4.69, 9.17) is 93.0 Å². The van der Waals surface area contributed by atoms with Gasteiger partial charge in [-0.15, -0.1) is 0 Å². The number of nitrogens with zero attached hydrogens (tertiary/aromatic N) is 4. The SMILES string of the molecule is CCN(C(C)C)C(C)C.COC(=O)[C@H]1C[C@@H]1COc1cc(N)cc(OC)c1.COC(=O)[C@H]1C[C@@H]1COc1cc(NC(C(=O)N2CCc3cc(OC)c(C(F)(F)F)cc32)c2ccc(Cl)cc2)cc(OC)c1.COc1cc(NC(C(=O)N2CCc3cc(OC)c(C(F)(F)F)cc32)c2ccc(Cl)cc2)cc(OC[C@H]2C[C@@H]2C(=O)O)c1.COc1cc2c(cc1C(F)(F)F)N(C(=O)C(Br)c1ccc(Cl)cc1)CC2.[Li+].[OH-]. The molecule has 3 heterocycles. The van der Waals surface area contributed by atoms with E-state index in [9.17, 15) is 68.3 Å². The number of nitrogen functional groups attached to an aromatic ring is 1. The Morgan fingerprint density at radius 1 is 0.436 bits per heavy atom. The molecular formula is C100H109BrCl3F9LiN7O19. The average Bonchev–Trinajstić information content (AvgIpc) is 1.61. The third-order valence-electron chi connectivity index (χ3n) is 24.1. The van der Waals surface area contributed by atoms with Gasteiger partial charge in [-0.3, -0.25) is 33.7 Å². The van der Waals surface area contributed by atoms with Crippen LogP contribution in [0.5, 0.6) is 51.7 Å². The van der Waals surface area contributed by atoms with Crippen LogP contribution in [0.25, 0.3) is 0 Å². The Bertz CT molecular complexity index is 5790. The van der Waals surface area contributed by atoms with E-state index >= 15 is 0 Å². The van der Waals surface area contributed by atoms with Crippen LogP contribution in [0.3, 0.4) is 0 Å². The zero-order valence-corrected chi connectivity index (χ0v) is 83.1. The van der Waals surface area contributed by atoms with Crippen molar-refractivity contribution in [3.63, 3.8) is 0 Å². The van der Waals surface area contributed by atoms with Crippen molar-refractivity contribution in [3.8, 4) is 51.7 Å². The molecule has 0 radical (unpaired) electrons. The number of hydrogen-bond acceptors (Lipinski definition) is 22. The number of hydrogen-bond donors (Lipinski definition) is 4. The normalized spacial score (nSPS) is 17.2. The number of ether oxygens (including phenoxy) is 11. The first-order chi connectivity index (χ1) is 65.4. The standard InChI is InChI=1S/C31H30ClF3N2O6.C30H28ClF3N2O6.C18H14BrClF3NO2.C13H17NO4.C8H19N.Li.H2O/c1-40-22-12-21(13-23(14-22)43-16-19-10-24(19)30(39)42-3)36-28(17-4-6-20(32)7-5-17)29(38)37-9-8-18-11-27(41-2)25(15-26(18)37)31(33,34)35;1-40-21-11-20(12-22(13-21)42-15-18-9-23(18)29(38)39)35-27(16-3-5-19(31)6-4-16)28(37)36-8-7-17-10-26(41-2)24(14-25(17)36)30(32,33)34;1-26-15-8-11-6-7-24(14(11)9-13(15)18(21,22)23)17(25)16(19)10-2-4-12(20)5-3-10;1-16-10-4-9(14)5-11(6-10)18-7-8-3-12(8)13(15)17-2;1-6-9(7(2)3)8(4)5;;/h4-7,11-15,19,24,28,36H,8-10,16H2,1-3H3;3-6,10-14,18,23,27,35H,7-9,15H2,1-2H3,(H,38,39);2-5,8-9,16H,6-7H2,1H3;4-6,8,12H,3,7,14H2,1-2H3;7-8H,6H2,1-5H3;;1H2/q;;;;;+1;/p-1/t19-,24+,28?;18-,23+,27?;;8-,12+;;;/m11.1.../s1. The van der Waals surface area contributed by atoms with E-state index in [-0.39, 0.29) is 126 Å². The number of nitrogens with two attached hydrogens (primary N) is 1. The van der Waals surface area contributed by atoms with Crippen LogP contribution in [0.4, 0.5) is 73.6 Å². The third kappa shape index (κ3) is 29.0. The van der Waals surface area contributed by atoms with Crippen molar-refractivity contribution in [1.82, 2.24) is 4.90 Å². The monoisotopic (exact) mass is 2070 g/mol. The van der Waals surface area contributed by atoms with Crippen LogP contribution in [0.1, 0.15) is 121 Å². The first-order valence-electron chi connectivity index (χ1n) is 44.0. The molecule has 3 unspecified atom stereocenters. The first-order valence-corrected chi connectivity index (χ1v) is 46.1. The Kier molecular flexibility index (Phi) is 39.6. The average molecular weight is 2080 g/mol. The van der Waals surface area contributed by atoms with Gasteiger partial charge in [-0.05, 0) is 179 Å². The molecule has 9 aromatic carbocycles. The number of halogens is 13. The second kappa shape index (κ2) is 49.4. The van der Waals surface area contributed by atoms with E-state index in [1.165, 1.54) is 82.7 Å². The number of carboxylic acids is 1. The van der Waals surface area contributed by atoms with Gasteiger partial charge in [-0.1, -0.05) is 94.1 Å². The van der Waals surface area contributed by atoms with E-state index in [1.54, 1.807) is 135 Å². The van der Waals surface area contributed by atoms with Crippen molar-refractivity contribution in [2.75, 3.05) is 134 Å². The van der Waals surface area contributed by atoms with Crippen LogP contribution in [0, 0.1) is 35.5 Å². The number of benzene rings is 9. The molecule has 140 heavy (non-hydrogen) atoms. The van der Waals surface area contributed by atoms with Crippen molar-refractivity contribution >= 4 is 120 Å². The summed E-state index contributed by atoms with van der Waals surface area (Å²) in [6.07, 6.45) is -10.7. The van der Waals surface area contributed by atoms with Gasteiger partial charge in [0.15, 0.2) is 0 Å². The molecule has 0 aromatic heterocycles. The van der Waals surface area contributed by atoms with Gasteiger partial charge in [-0.2, -0.15) is 39.5 Å².